The van der Waals surface area contributed by atoms with Crippen LogP contribution in [-0.4, -0.2) is 12.7 Å². The van der Waals surface area contributed by atoms with Crippen molar-refractivity contribution in [2.24, 2.45) is 0 Å². The Morgan fingerprint density at radius 3 is 2.61 bits per heavy atom. The lowest BCUT2D eigenvalue weighted by Gasteiger charge is -2.24. The van der Waals surface area contributed by atoms with Gasteiger partial charge in [0.2, 0.25) is 0 Å². The summed E-state index contributed by atoms with van der Waals surface area (Å²) in [6, 6.07) is 2.83. The number of rotatable bonds is 4. The third-order valence-electron chi connectivity index (χ3n) is 3.21. The van der Waals surface area contributed by atoms with Crippen LogP contribution in [0.2, 0.25) is 0 Å². The standard InChI is InChI=1S/C14H20FNO2/c1-2-17-13-9-14(12(16)8-11(13)15)18-10-6-4-3-5-7-10/h8-10H,2-7,16H2,1H3. The normalized spacial score (nSPS) is 16.6. The van der Waals surface area contributed by atoms with Crippen LogP contribution < -0.4 is 15.2 Å². The van der Waals surface area contributed by atoms with Crippen molar-refractivity contribution in [2.75, 3.05) is 12.3 Å². The van der Waals surface area contributed by atoms with E-state index in [1.165, 1.54) is 25.3 Å². The van der Waals surface area contributed by atoms with E-state index in [1.807, 2.05) is 6.92 Å². The van der Waals surface area contributed by atoms with E-state index in [2.05, 4.69) is 0 Å². The van der Waals surface area contributed by atoms with E-state index in [1.54, 1.807) is 6.07 Å². The van der Waals surface area contributed by atoms with Crippen LogP contribution in [0.5, 0.6) is 11.5 Å². The quantitative estimate of drug-likeness (QED) is 0.835. The number of nitrogens with two attached hydrogens (primary N) is 1. The summed E-state index contributed by atoms with van der Waals surface area (Å²) in [6.07, 6.45) is 5.92. The van der Waals surface area contributed by atoms with Gasteiger partial charge in [-0.3, -0.25) is 0 Å². The Bertz CT molecular complexity index is 403. The first-order valence-corrected chi connectivity index (χ1v) is 6.59. The van der Waals surface area contributed by atoms with Gasteiger partial charge < -0.3 is 15.2 Å². The highest BCUT2D eigenvalue weighted by Crippen LogP contribution is 2.33. The molecule has 0 aromatic heterocycles. The molecule has 0 saturated heterocycles. The molecule has 1 aromatic carbocycles. The van der Waals surface area contributed by atoms with E-state index in [4.69, 9.17) is 15.2 Å². The topological polar surface area (TPSA) is 44.5 Å². The highest BCUT2D eigenvalue weighted by molar-refractivity contribution is 5.56. The number of hydrogen-bond acceptors (Lipinski definition) is 3. The lowest BCUT2D eigenvalue weighted by Crippen LogP contribution is -2.20. The summed E-state index contributed by atoms with van der Waals surface area (Å²) in [7, 11) is 0. The van der Waals surface area contributed by atoms with Crippen molar-refractivity contribution < 1.29 is 13.9 Å². The largest absolute Gasteiger partial charge is 0.491 e. The van der Waals surface area contributed by atoms with Crippen LogP contribution in [0.15, 0.2) is 12.1 Å². The molecule has 3 nitrogen and oxygen atoms in total. The smallest absolute Gasteiger partial charge is 0.167 e. The molecule has 0 radical (unpaired) electrons. The summed E-state index contributed by atoms with van der Waals surface area (Å²) in [5.41, 5.74) is 6.12. The Hall–Kier alpha value is -1.45. The van der Waals surface area contributed by atoms with Crippen molar-refractivity contribution in [1.82, 2.24) is 0 Å². The molecule has 0 bridgehead atoms. The van der Waals surface area contributed by atoms with Gasteiger partial charge in [-0.1, -0.05) is 6.42 Å². The Kier molecular flexibility index (Phi) is 4.28. The summed E-state index contributed by atoms with van der Waals surface area (Å²) in [5.74, 6) is 0.301. The van der Waals surface area contributed by atoms with Crippen LogP contribution in [0.25, 0.3) is 0 Å². The zero-order valence-electron chi connectivity index (χ0n) is 10.7. The summed E-state index contributed by atoms with van der Waals surface area (Å²) in [6.45, 7) is 2.24. The predicted octanol–water partition coefficient (Wildman–Crippen LogP) is 3.52. The molecule has 1 aliphatic carbocycles. The second kappa shape index (κ2) is 5.94. The molecular weight excluding hydrogens is 233 g/mol. The monoisotopic (exact) mass is 253 g/mol. The van der Waals surface area contributed by atoms with Gasteiger partial charge in [0.15, 0.2) is 11.6 Å². The van der Waals surface area contributed by atoms with Crippen LogP contribution in [0.3, 0.4) is 0 Å². The fourth-order valence-electron chi connectivity index (χ4n) is 2.28. The first kappa shape index (κ1) is 13.0. The third kappa shape index (κ3) is 3.06. The van der Waals surface area contributed by atoms with E-state index < -0.39 is 5.82 Å². The van der Waals surface area contributed by atoms with E-state index in [9.17, 15) is 4.39 Å². The number of hydrogen-bond donors (Lipinski definition) is 1. The van der Waals surface area contributed by atoms with E-state index in [0.717, 1.165) is 12.8 Å². The highest BCUT2D eigenvalue weighted by Gasteiger charge is 2.17. The van der Waals surface area contributed by atoms with Gasteiger partial charge >= 0.3 is 0 Å². The minimum Gasteiger partial charge on any atom is -0.491 e. The van der Waals surface area contributed by atoms with Crippen molar-refractivity contribution in [3.8, 4) is 11.5 Å². The molecule has 0 heterocycles. The molecule has 0 amide bonds. The van der Waals surface area contributed by atoms with Gasteiger partial charge in [0.1, 0.15) is 5.75 Å². The Morgan fingerprint density at radius 1 is 1.22 bits per heavy atom. The molecule has 1 aliphatic rings. The van der Waals surface area contributed by atoms with Crippen molar-refractivity contribution in [1.29, 1.82) is 0 Å². The molecule has 2 rings (SSSR count). The molecule has 4 heteroatoms. The molecule has 0 unspecified atom stereocenters. The summed E-state index contributed by atoms with van der Waals surface area (Å²) < 4.78 is 24.6. The fourth-order valence-corrected chi connectivity index (χ4v) is 2.28. The average molecular weight is 253 g/mol. The van der Waals surface area contributed by atoms with Gasteiger partial charge in [0.05, 0.1) is 18.4 Å². The van der Waals surface area contributed by atoms with Crippen molar-refractivity contribution in [2.45, 2.75) is 45.1 Å². The predicted molar refractivity (Wildman–Crippen MR) is 69.5 cm³/mol. The minimum atomic E-state index is -0.439. The van der Waals surface area contributed by atoms with E-state index in [0.29, 0.717) is 18.0 Å². The molecular formula is C14H20FNO2. The molecule has 1 saturated carbocycles. The molecule has 1 fully saturated rings. The van der Waals surface area contributed by atoms with Gasteiger partial charge in [0, 0.05) is 12.1 Å². The highest BCUT2D eigenvalue weighted by atomic mass is 19.1. The van der Waals surface area contributed by atoms with E-state index >= 15 is 0 Å². The molecule has 1 aromatic rings. The molecule has 100 valence electrons. The number of anilines is 1. The van der Waals surface area contributed by atoms with E-state index in [-0.39, 0.29) is 11.9 Å². The van der Waals surface area contributed by atoms with Crippen LogP contribution in [0.4, 0.5) is 10.1 Å². The molecule has 0 aliphatic heterocycles. The zero-order chi connectivity index (χ0) is 13.0. The average Bonchev–Trinajstić information content (AvgIpc) is 2.37. The van der Waals surface area contributed by atoms with Crippen molar-refractivity contribution in [3.63, 3.8) is 0 Å². The molecule has 0 spiro atoms. The van der Waals surface area contributed by atoms with Gasteiger partial charge in [0.25, 0.3) is 0 Å². The van der Waals surface area contributed by atoms with Gasteiger partial charge in [-0.25, -0.2) is 4.39 Å². The second-order valence-electron chi connectivity index (χ2n) is 4.63. The van der Waals surface area contributed by atoms with Crippen LogP contribution in [-0.2, 0) is 0 Å². The Morgan fingerprint density at radius 2 is 1.94 bits per heavy atom. The second-order valence-corrected chi connectivity index (χ2v) is 4.63. The van der Waals surface area contributed by atoms with Crippen LogP contribution in [0.1, 0.15) is 39.0 Å². The lowest BCUT2D eigenvalue weighted by molar-refractivity contribution is 0.155. The number of ether oxygens (including phenoxy) is 2. The summed E-state index contributed by atoms with van der Waals surface area (Å²) in [5, 5.41) is 0. The lowest BCUT2D eigenvalue weighted by atomic mass is 9.98. The van der Waals surface area contributed by atoms with Gasteiger partial charge in [-0.2, -0.15) is 0 Å². The zero-order valence-corrected chi connectivity index (χ0v) is 10.7. The number of benzene rings is 1. The Labute approximate surface area is 107 Å². The van der Waals surface area contributed by atoms with Gasteiger partial charge in [-0.15, -0.1) is 0 Å². The third-order valence-corrected chi connectivity index (χ3v) is 3.21. The summed E-state index contributed by atoms with van der Waals surface area (Å²) >= 11 is 0. The first-order valence-electron chi connectivity index (χ1n) is 6.59. The maximum absolute atomic E-state index is 13.5. The molecule has 18 heavy (non-hydrogen) atoms. The maximum Gasteiger partial charge on any atom is 0.167 e. The molecule has 0 atom stereocenters. The summed E-state index contributed by atoms with van der Waals surface area (Å²) in [4.78, 5) is 0. The molecule has 2 N–H and O–H groups in total. The number of nitrogen functional groups attached to an aromatic ring is 1. The van der Waals surface area contributed by atoms with Crippen molar-refractivity contribution in [3.05, 3.63) is 17.9 Å². The maximum atomic E-state index is 13.5. The fraction of sp³-hybridized carbons (Fsp3) is 0.571. The Balaban J connectivity index is 2.12. The number of halogens is 1. The van der Waals surface area contributed by atoms with Gasteiger partial charge in [-0.05, 0) is 32.6 Å². The van der Waals surface area contributed by atoms with Crippen molar-refractivity contribution >= 4 is 5.69 Å². The van der Waals surface area contributed by atoms with Crippen LogP contribution >= 0.6 is 0 Å². The minimum absolute atomic E-state index is 0.195. The SMILES string of the molecule is CCOc1cc(OC2CCCCC2)c(N)cc1F. The van der Waals surface area contributed by atoms with Crippen LogP contribution in [0, 0.1) is 5.82 Å². The first-order chi connectivity index (χ1) is 8.70.